The first-order valence-electron chi connectivity index (χ1n) is 6.89. The van der Waals surface area contributed by atoms with Gasteiger partial charge < -0.3 is 15.0 Å². The number of rotatable bonds is 5. The van der Waals surface area contributed by atoms with Crippen LogP contribution in [-0.4, -0.2) is 27.1 Å². The standard InChI is InChI=1S/C17H19ClN2O2/c1-20(2)16-8-7-13(18)11-15(16)19-17(21)10-12-5-4-6-14(9-12)22-3/h4-9,11H,10H2,1-3H3,(H,19,21). The monoisotopic (exact) mass is 318 g/mol. The van der Waals surface area contributed by atoms with E-state index in [1.54, 1.807) is 19.2 Å². The predicted molar refractivity (Wildman–Crippen MR) is 91.1 cm³/mol. The van der Waals surface area contributed by atoms with Gasteiger partial charge in [-0.05, 0) is 35.9 Å². The van der Waals surface area contributed by atoms with Gasteiger partial charge in [-0.25, -0.2) is 0 Å². The maximum absolute atomic E-state index is 12.3. The van der Waals surface area contributed by atoms with E-state index < -0.39 is 0 Å². The van der Waals surface area contributed by atoms with Crippen molar-refractivity contribution in [3.63, 3.8) is 0 Å². The summed E-state index contributed by atoms with van der Waals surface area (Å²) in [6.07, 6.45) is 0.274. The molecule has 0 atom stereocenters. The van der Waals surface area contributed by atoms with Crippen molar-refractivity contribution in [1.29, 1.82) is 0 Å². The number of hydrogen-bond acceptors (Lipinski definition) is 3. The minimum absolute atomic E-state index is 0.0985. The van der Waals surface area contributed by atoms with Gasteiger partial charge in [0.2, 0.25) is 5.91 Å². The molecule has 0 heterocycles. The number of nitrogens with one attached hydrogen (secondary N) is 1. The van der Waals surface area contributed by atoms with Gasteiger partial charge in [0.25, 0.3) is 0 Å². The third kappa shape index (κ3) is 4.15. The van der Waals surface area contributed by atoms with Crippen LogP contribution in [0.2, 0.25) is 5.02 Å². The van der Waals surface area contributed by atoms with Crippen molar-refractivity contribution < 1.29 is 9.53 Å². The molecule has 22 heavy (non-hydrogen) atoms. The fourth-order valence-electron chi connectivity index (χ4n) is 2.16. The van der Waals surface area contributed by atoms with Crippen LogP contribution in [0.15, 0.2) is 42.5 Å². The Labute approximate surface area is 135 Å². The van der Waals surface area contributed by atoms with Crippen molar-refractivity contribution in [2.75, 3.05) is 31.4 Å². The maximum atomic E-state index is 12.3. The smallest absolute Gasteiger partial charge is 0.228 e. The number of carbonyl (C=O) groups is 1. The number of hydrogen-bond donors (Lipinski definition) is 1. The van der Waals surface area contributed by atoms with Crippen LogP contribution in [-0.2, 0) is 11.2 Å². The molecule has 2 aromatic carbocycles. The van der Waals surface area contributed by atoms with Crippen LogP contribution >= 0.6 is 11.6 Å². The van der Waals surface area contributed by atoms with Gasteiger partial charge in [0, 0.05) is 19.1 Å². The molecule has 0 unspecified atom stereocenters. The molecule has 0 aliphatic heterocycles. The topological polar surface area (TPSA) is 41.6 Å². The molecule has 2 rings (SSSR count). The highest BCUT2D eigenvalue weighted by atomic mass is 35.5. The Morgan fingerprint density at radius 2 is 2.00 bits per heavy atom. The predicted octanol–water partition coefficient (Wildman–Crippen LogP) is 3.60. The van der Waals surface area contributed by atoms with Crippen LogP contribution in [0.4, 0.5) is 11.4 Å². The van der Waals surface area contributed by atoms with E-state index in [0.717, 1.165) is 17.0 Å². The van der Waals surface area contributed by atoms with E-state index in [1.807, 2.05) is 49.3 Å². The first-order valence-corrected chi connectivity index (χ1v) is 7.27. The lowest BCUT2D eigenvalue weighted by molar-refractivity contribution is -0.115. The molecule has 5 heteroatoms. The summed E-state index contributed by atoms with van der Waals surface area (Å²) in [4.78, 5) is 14.2. The Bertz CT molecular complexity index is 671. The number of ether oxygens (including phenoxy) is 1. The van der Waals surface area contributed by atoms with Crippen LogP contribution in [0.3, 0.4) is 0 Å². The van der Waals surface area contributed by atoms with Gasteiger partial charge in [-0.15, -0.1) is 0 Å². The second-order valence-electron chi connectivity index (χ2n) is 5.13. The molecule has 4 nitrogen and oxygen atoms in total. The highest BCUT2D eigenvalue weighted by Gasteiger charge is 2.10. The fourth-order valence-corrected chi connectivity index (χ4v) is 2.33. The number of anilines is 2. The van der Waals surface area contributed by atoms with Crippen molar-refractivity contribution in [3.05, 3.63) is 53.1 Å². The van der Waals surface area contributed by atoms with Crippen LogP contribution in [0.5, 0.6) is 5.75 Å². The minimum atomic E-state index is -0.0985. The maximum Gasteiger partial charge on any atom is 0.228 e. The van der Waals surface area contributed by atoms with Gasteiger partial charge in [-0.2, -0.15) is 0 Å². The van der Waals surface area contributed by atoms with Crippen molar-refractivity contribution in [2.24, 2.45) is 0 Å². The lowest BCUT2D eigenvalue weighted by Crippen LogP contribution is -2.18. The average molecular weight is 319 g/mol. The first kappa shape index (κ1) is 16.2. The molecule has 1 amide bonds. The second kappa shape index (κ2) is 7.18. The lowest BCUT2D eigenvalue weighted by Gasteiger charge is -2.18. The molecule has 0 aliphatic rings. The van der Waals surface area contributed by atoms with Crippen molar-refractivity contribution in [3.8, 4) is 5.75 Å². The molecule has 0 radical (unpaired) electrons. The first-order chi connectivity index (χ1) is 10.5. The molecular weight excluding hydrogens is 300 g/mol. The molecule has 0 aliphatic carbocycles. The van der Waals surface area contributed by atoms with Gasteiger partial charge in [0.1, 0.15) is 5.75 Å². The van der Waals surface area contributed by atoms with Crippen LogP contribution in [0.1, 0.15) is 5.56 Å². The Hall–Kier alpha value is -2.20. The summed E-state index contributed by atoms with van der Waals surface area (Å²) in [5, 5.41) is 3.50. The molecule has 116 valence electrons. The van der Waals surface area contributed by atoms with Gasteiger partial charge in [-0.1, -0.05) is 23.7 Å². The zero-order chi connectivity index (χ0) is 16.1. The normalized spacial score (nSPS) is 10.2. The molecule has 0 bridgehead atoms. The molecular formula is C17H19ClN2O2. The Morgan fingerprint density at radius 3 is 2.68 bits per heavy atom. The molecule has 0 aromatic heterocycles. The largest absolute Gasteiger partial charge is 0.497 e. The molecule has 0 saturated carbocycles. The van der Waals surface area contributed by atoms with E-state index in [2.05, 4.69) is 5.32 Å². The number of halogens is 1. The molecule has 2 aromatic rings. The average Bonchev–Trinajstić information content (AvgIpc) is 2.47. The molecule has 0 saturated heterocycles. The quantitative estimate of drug-likeness (QED) is 0.916. The van der Waals surface area contributed by atoms with Gasteiger partial charge in [0.05, 0.1) is 24.9 Å². The second-order valence-corrected chi connectivity index (χ2v) is 5.57. The Morgan fingerprint density at radius 1 is 1.23 bits per heavy atom. The lowest BCUT2D eigenvalue weighted by atomic mass is 10.1. The number of nitrogens with zero attached hydrogens (tertiary/aromatic N) is 1. The highest BCUT2D eigenvalue weighted by molar-refractivity contribution is 6.31. The Balaban J connectivity index is 2.13. The molecule has 0 fully saturated rings. The summed E-state index contributed by atoms with van der Waals surface area (Å²) in [6, 6.07) is 12.9. The van der Waals surface area contributed by atoms with Gasteiger partial charge in [-0.3, -0.25) is 4.79 Å². The zero-order valence-electron chi connectivity index (χ0n) is 12.9. The summed E-state index contributed by atoms with van der Waals surface area (Å²) >= 11 is 6.02. The minimum Gasteiger partial charge on any atom is -0.497 e. The van der Waals surface area contributed by atoms with Gasteiger partial charge >= 0.3 is 0 Å². The summed E-state index contributed by atoms with van der Waals surface area (Å²) in [6.45, 7) is 0. The van der Waals surface area contributed by atoms with E-state index in [4.69, 9.17) is 16.3 Å². The Kier molecular flexibility index (Phi) is 5.28. The number of carbonyl (C=O) groups excluding carboxylic acids is 1. The van der Waals surface area contributed by atoms with Crippen LogP contribution in [0.25, 0.3) is 0 Å². The molecule has 0 spiro atoms. The van der Waals surface area contributed by atoms with Crippen molar-refractivity contribution in [2.45, 2.75) is 6.42 Å². The van der Waals surface area contributed by atoms with Crippen molar-refractivity contribution >= 4 is 28.9 Å². The summed E-state index contributed by atoms with van der Waals surface area (Å²) < 4.78 is 5.17. The van der Waals surface area contributed by atoms with E-state index in [1.165, 1.54) is 0 Å². The molecule has 1 N–H and O–H groups in total. The van der Waals surface area contributed by atoms with Gasteiger partial charge in [0.15, 0.2) is 0 Å². The van der Waals surface area contributed by atoms with E-state index in [-0.39, 0.29) is 12.3 Å². The van der Waals surface area contributed by atoms with E-state index >= 15 is 0 Å². The third-order valence-electron chi connectivity index (χ3n) is 3.21. The summed E-state index contributed by atoms with van der Waals surface area (Å²) in [5.74, 6) is 0.639. The SMILES string of the molecule is COc1cccc(CC(=O)Nc2cc(Cl)ccc2N(C)C)c1. The fraction of sp³-hybridized carbons (Fsp3) is 0.235. The van der Waals surface area contributed by atoms with E-state index in [9.17, 15) is 4.79 Å². The van der Waals surface area contributed by atoms with Crippen molar-refractivity contribution in [1.82, 2.24) is 0 Å². The third-order valence-corrected chi connectivity index (χ3v) is 3.45. The highest BCUT2D eigenvalue weighted by Crippen LogP contribution is 2.28. The number of methoxy groups -OCH3 is 1. The van der Waals surface area contributed by atoms with Crippen LogP contribution in [0, 0.1) is 0 Å². The summed E-state index contributed by atoms with van der Waals surface area (Å²) in [5.41, 5.74) is 2.50. The van der Waals surface area contributed by atoms with E-state index in [0.29, 0.717) is 10.7 Å². The summed E-state index contributed by atoms with van der Waals surface area (Å²) in [7, 11) is 5.44. The number of amides is 1. The zero-order valence-corrected chi connectivity index (χ0v) is 13.6. The number of benzene rings is 2. The van der Waals surface area contributed by atoms with Crippen LogP contribution < -0.4 is 15.0 Å².